The summed E-state index contributed by atoms with van der Waals surface area (Å²) in [5, 5.41) is 5.26. The van der Waals surface area contributed by atoms with Crippen LogP contribution in [0, 0.1) is 20.8 Å². The molecule has 0 radical (unpaired) electrons. The van der Waals surface area contributed by atoms with Crippen molar-refractivity contribution >= 4 is 23.5 Å². The van der Waals surface area contributed by atoms with E-state index in [1.165, 1.54) is 14.0 Å². The summed E-state index contributed by atoms with van der Waals surface area (Å²) in [6.45, 7) is 6.90. The number of benzene rings is 2. The number of aryl methyl sites for hydroxylation is 3. The van der Waals surface area contributed by atoms with Crippen molar-refractivity contribution in [2.75, 3.05) is 19.0 Å². The van der Waals surface area contributed by atoms with Crippen molar-refractivity contribution in [3.8, 4) is 5.75 Å². The zero-order chi connectivity index (χ0) is 21.6. The maximum atomic E-state index is 12.4. The third kappa shape index (κ3) is 5.81. The molecule has 0 unspecified atom stereocenters. The normalized spacial score (nSPS) is 11.3. The first-order valence-corrected chi connectivity index (χ1v) is 9.22. The van der Waals surface area contributed by atoms with Gasteiger partial charge in [-0.05, 0) is 51.0 Å². The first-order chi connectivity index (χ1) is 13.7. The molecule has 0 bridgehead atoms. The highest BCUT2D eigenvalue weighted by molar-refractivity contribution is 5.99. The van der Waals surface area contributed by atoms with E-state index < -0.39 is 23.9 Å². The lowest BCUT2D eigenvalue weighted by Crippen LogP contribution is -2.36. The fourth-order valence-corrected chi connectivity index (χ4v) is 2.97. The van der Waals surface area contributed by atoms with Crippen LogP contribution in [0.15, 0.2) is 36.4 Å². The van der Waals surface area contributed by atoms with Gasteiger partial charge in [0.15, 0.2) is 6.10 Å². The number of rotatable bonds is 7. The molecule has 0 saturated heterocycles. The van der Waals surface area contributed by atoms with E-state index >= 15 is 0 Å². The quantitative estimate of drug-likeness (QED) is 0.700. The van der Waals surface area contributed by atoms with Crippen LogP contribution in [0.5, 0.6) is 5.75 Å². The summed E-state index contributed by atoms with van der Waals surface area (Å²) in [4.78, 5) is 36.6. The highest BCUT2D eigenvalue weighted by Crippen LogP contribution is 2.22. The Morgan fingerprint density at radius 1 is 1.03 bits per heavy atom. The number of para-hydroxylation sites is 1. The zero-order valence-electron chi connectivity index (χ0n) is 17.3. The van der Waals surface area contributed by atoms with Crippen molar-refractivity contribution in [1.29, 1.82) is 0 Å². The van der Waals surface area contributed by atoms with Crippen LogP contribution in [0.1, 0.15) is 34.0 Å². The molecular weight excluding hydrogens is 372 g/mol. The fourth-order valence-electron chi connectivity index (χ4n) is 2.97. The number of nitrogens with one attached hydrogen (secondary N) is 2. The molecule has 0 heterocycles. The molecule has 7 nitrogen and oxygen atoms in total. The number of anilines is 1. The van der Waals surface area contributed by atoms with Gasteiger partial charge in [-0.3, -0.25) is 14.4 Å². The summed E-state index contributed by atoms with van der Waals surface area (Å²) >= 11 is 0. The number of methoxy groups -OCH3 is 1. The smallest absolute Gasteiger partial charge is 0.326 e. The maximum absolute atomic E-state index is 12.4. The van der Waals surface area contributed by atoms with Crippen LogP contribution in [0.25, 0.3) is 0 Å². The van der Waals surface area contributed by atoms with Crippen molar-refractivity contribution in [3.05, 3.63) is 58.7 Å². The third-order valence-electron chi connectivity index (χ3n) is 4.35. The van der Waals surface area contributed by atoms with Gasteiger partial charge in [0.1, 0.15) is 12.3 Å². The van der Waals surface area contributed by atoms with Crippen LogP contribution in [0.4, 0.5) is 5.69 Å². The second-order valence-corrected chi connectivity index (χ2v) is 6.78. The molecule has 1 atom stereocenters. The molecule has 2 aromatic carbocycles. The molecule has 0 aromatic heterocycles. The molecule has 0 fully saturated rings. The van der Waals surface area contributed by atoms with Gasteiger partial charge in [-0.25, -0.2) is 0 Å². The molecule has 0 aliphatic carbocycles. The van der Waals surface area contributed by atoms with Crippen molar-refractivity contribution in [2.24, 2.45) is 0 Å². The first-order valence-electron chi connectivity index (χ1n) is 9.22. The van der Waals surface area contributed by atoms with Gasteiger partial charge in [-0.2, -0.15) is 0 Å². The Bertz CT molecular complexity index is 900. The number of carbonyl (C=O) groups excluding carboxylic acids is 3. The second kappa shape index (κ2) is 9.73. The molecule has 2 N–H and O–H groups in total. The van der Waals surface area contributed by atoms with Gasteiger partial charge in [0.2, 0.25) is 0 Å². The van der Waals surface area contributed by atoms with Gasteiger partial charge >= 0.3 is 5.97 Å². The van der Waals surface area contributed by atoms with E-state index in [1.54, 1.807) is 24.3 Å². The van der Waals surface area contributed by atoms with E-state index in [-0.39, 0.29) is 6.54 Å². The molecule has 0 spiro atoms. The lowest BCUT2D eigenvalue weighted by Gasteiger charge is -2.17. The van der Waals surface area contributed by atoms with Crippen LogP contribution in [0.3, 0.4) is 0 Å². The predicted molar refractivity (Wildman–Crippen MR) is 110 cm³/mol. The molecule has 0 aliphatic rings. The molecule has 0 saturated carbocycles. The predicted octanol–water partition coefficient (Wildman–Crippen LogP) is 2.92. The highest BCUT2D eigenvalue weighted by Gasteiger charge is 2.20. The molecule has 2 aromatic rings. The number of amides is 2. The Morgan fingerprint density at radius 3 is 2.28 bits per heavy atom. The van der Waals surface area contributed by atoms with Crippen molar-refractivity contribution in [3.63, 3.8) is 0 Å². The van der Waals surface area contributed by atoms with Gasteiger partial charge in [-0.15, -0.1) is 0 Å². The van der Waals surface area contributed by atoms with E-state index in [4.69, 9.17) is 9.47 Å². The standard InChI is InChI=1S/C22H26N2O5/c1-13-10-14(2)20(15(3)11-13)24-21(26)16(4)29-19(25)12-23-22(27)17-8-6-7-9-18(17)28-5/h6-11,16H,12H2,1-5H3,(H,23,27)(H,24,26)/t16-/m1/s1. The topological polar surface area (TPSA) is 93.7 Å². The average molecular weight is 398 g/mol. The summed E-state index contributed by atoms with van der Waals surface area (Å²) in [5.74, 6) is -1.23. The van der Waals surface area contributed by atoms with Crippen LogP contribution in [0.2, 0.25) is 0 Å². The molecule has 154 valence electrons. The highest BCUT2D eigenvalue weighted by atomic mass is 16.5. The lowest BCUT2D eigenvalue weighted by atomic mass is 10.0. The van der Waals surface area contributed by atoms with E-state index in [2.05, 4.69) is 10.6 Å². The minimum atomic E-state index is -1.01. The monoisotopic (exact) mass is 398 g/mol. The zero-order valence-corrected chi connectivity index (χ0v) is 17.3. The molecule has 0 aliphatic heterocycles. The number of esters is 1. The Morgan fingerprint density at radius 2 is 1.66 bits per heavy atom. The Balaban J connectivity index is 1.90. The van der Waals surface area contributed by atoms with Crippen LogP contribution in [-0.4, -0.2) is 37.5 Å². The fraction of sp³-hybridized carbons (Fsp3) is 0.318. The minimum Gasteiger partial charge on any atom is -0.496 e. The van der Waals surface area contributed by atoms with Gasteiger partial charge in [0, 0.05) is 5.69 Å². The molecule has 29 heavy (non-hydrogen) atoms. The molecule has 2 rings (SSSR count). The summed E-state index contributed by atoms with van der Waals surface area (Å²) in [7, 11) is 1.46. The van der Waals surface area contributed by atoms with Gasteiger partial charge in [0.05, 0.1) is 12.7 Å². The summed E-state index contributed by atoms with van der Waals surface area (Å²) in [6.07, 6.45) is -1.01. The van der Waals surface area contributed by atoms with Gasteiger partial charge in [0.25, 0.3) is 11.8 Å². The summed E-state index contributed by atoms with van der Waals surface area (Å²) in [5.41, 5.74) is 3.96. The number of hydrogen-bond acceptors (Lipinski definition) is 5. The van der Waals surface area contributed by atoms with E-state index in [1.807, 2.05) is 32.9 Å². The van der Waals surface area contributed by atoms with Crippen molar-refractivity contribution in [1.82, 2.24) is 5.32 Å². The Labute approximate surface area is 170 Å². The average Bonchev–Trinajstić information content (AvgIpc) is 2.68. The van der Waals surface area contributed by atoms with E-state index in [9.17, 15) is 14.4 Å². The van der Waals surface area contributed by atoms with Crippen LogP contribution < -0.4 is 15.4 Å². The molecule has 2 amide bonds. The van der Waals surface area contributed by atoms with Crippen molar-refractivity contribution < 1.29 is 23.9 Å². The molecule has 7 heteroatoms. The number of hydrogen-bond donors (Lipinski definition) is 2. The number of ether oxygens (including phenoxy) is 2. The van der Waals surface area contributed by atoms with Crippen LogP contribution in [-0.2, 0) is 14.3 Å². The number of carbonyl (C=O) groups is 3. The SMILES string of the molecule is COc1ccccc1C(=O)NCC(=O)O[C@H](C)C(=O)Nc1c(C)cc(C)cc1C. The largest absolute Gasteiger partial charge is 0.496 e. The van der Waals surface area contributed by atoms with Crippen LogP contribution >= 0.6 is 0 Å². The van der Waals surface area contributed by atoms with E-state index in [0.717, 1.165) is 16.7 Å². The minimum absolute atomic E-state index is 0.305. The summed E-state index contributed by atoms with van der Waals surface area (Å²) < 4.78 is 10.3. The maximum Gasteiger partial charge on any atom is 0.326 e. The van der Waals surface area contributed by atoms with Gasteiger partial charge < -0.3 is 20.1 Å². The second-order valence-electron chi connectivity index (χ2n) is 6.78. The summed E-state index contributed by atoms with van der Waals surface area (Å²) in [6, 6.07) is 10.6. The third-order valence-corrected chi connectivity index (χ3v) is 4.35. The van der Waals surface area contributed by atoms with E-state index in [0.29, 0.717) is 17.0 Å². The van der Waals surface area contributed by atoms with Gasteiger partial charge in [-0.1, -0.05) is 29.8 Å². The Kier molecular flexibility index (Phi) is 7.36. The molecular formula is C22H26N2O5. The van der Waals surface area contributed by atoms with Crippen molar-refractivity contribution in [2.45, 2.75) is 33.8 Å². The first kappa shape index (κ1) is 21.9. The Hall–Kier alpha value is -3.35. The lowest BCUT2D eigenvalue weighted by molar-refractivity contribution is -0.152.